The number of nitrogens with zero attached hydrogens (tertiary/aromatic N) is 2. The van der Waals surface area contributed by atoms with Gasteiger partial charge in [-0.05, 0) is 71.5 Å². The SMILES string of the molecule is CCCOc1ccc(/C(O)=C2\C(=O)C(=O)N(c3ccc(C(C)(C)C)cc3)C2c2ccc(N(C)C)cc2)cc1. The highest BCUT2D eigenvalue weighted by Gasteiger charge is 2.47. The molecule has 0 aliphatic carbocycles. The number of hydrogen-bond acceptors (Lipinski definition) is 5. The molecule has 198 valence electrons. The van der Waals surface area contributed by atoms with Crippen LogP contribution in [0.25, 0.3) is 5.76 Å². The van der Waals surface area contributed by atoms with Crippen LogP contribution in [-0.2, 0) is 15.0 Å². The molecule has 1 atom stereocenters. The van der Waals surface area contributed by atoms with Gasteiger partial charge in [0.1, 0.15) is 11.5 Å². The Balaban J connectivity index is 1.84. The van der Waals surface area contributed by atoms with Gasteiger partial charge in [0.25, 0.3) is 11.7 Å². The maximum atomic E-state index is 13.5. The molecule has 4 rings (SSSR count). The molecule has 1 aliphatic rings. The van der Waals surface area contributed by atoms with E-state index < -0.39 is 17.7 Å². The van der Waals surface area contributed by atoms with Crippen molar-refractivity contribution in [3.63, 3.8) is 0 Å². The van der Waals surface area contributed by atoms with Crippen molar-refractivity contribution in [3.8, 4) is 5.75 Å². The molecule has 1 amide bonds. The van der Waals surface area contributed by atoms with Crippen molar-refractivity contribution in [2.75, 3.05) is 30.5 Å². The second-order valence-corrected chi connectivity index (χ2v) is 10.8. The number of carbonyl (C=O) groups is 2. The molecule has 0 radical (unpaired) electrons. The van der Waals surface area contributed by atoms with Gasteiger partial charge >= 0.3 is 0 Å². The summed E-state index contributed by atoms with van der Waals surface area (Å²) in [5.74, 6) is -0.908. The number of carbonyl (C=O) groups excluding carboxylic acids is 2. The molecule has 1 saturated heterocycles. The van der Waals surface area contributed by atoms with E-state index in [2.05, 4.69) is 20.8 Å². The largest absolute Gasteiger partial charge is 0.507 e. The van der Waals surface area contributed by atoms with Crippen molar-refractivity contribution in [2.45, 2.75) is 45.6 Å². The van der Waals surface area contributed by atoms with Gasteiger partial charge in [-0.25, -0.2) is 0 Å². The molecule has 0 aromatic heterocycles. The van der Waals surface area contributed by atoms with E-state index >= 15 is 0 Å². The van der Waals surface area contributed by atoms with E-state index in [4.69, 9.17) is 4.74 Å². The summed E-state index contributed by atoms with van der Waals surface area (Å²) in [6.07, 6.45) is 0.883. The third-order valence-electron chi connectivity index (χ3n) is 6.78. The fourth-order valence-electron chi connectivity index (χ4n) is 4.58. The fourth-order valence-corrected chi connectivity index (χ4v) is 4.58. The monoisotopic (exact) mass is 512 g/mol. The number of anilines is 2. The zero-order chi connectivity index (χ0) is 27.6. The molecular formula is C32H36N2O4. The number of amides is 1. The molecular weight excluding hydrogens is 476 g/mol. The zero-order valence-electron chi connectivity index (χ0n) is 23.0. The molecule has 1 aliphatic heterocycles. The minimum atomic E-state index is -0.775. The summed E-state index contributed by atoms with van der Waals surface area (Å²) < 4.78 is 5.65. The molecule has 38 heavy (non-hydrogen) atoms. The van der Waals surface area contributed by atoms with Gasteiger partial charge in [-0.15, -0.1) is 0 Å². The van der Waals surface area contributed by atoms with Crippen LogP contribution in [0.3, 0.4) is 0 Å². The number of ketones is 1. The summed E-state index contributed by atoms with van der Waals surface area (Å²) in [4.78, 5) is 30.4. The Morgan fingerprint density at radius 1 is 0.921 bits per heavy atom. The van der Waals surface area contributed by atoms with Gasteiger partial charge in [-0.3, -0.25) is 14.5 Å². The van der Waals surface area contributed by atoms with Crippen LogP contribution < -0.4 is 14.5 Å². The third-order valence-corrected chi connectivity index (χ3v) is 6.78. The standard InChI is InChI=1S/C32H36N2O4/c1-7-20-38-26-18-10-22(11-19-26)29(35)27-28(21-8-14-24(15-9-21)33(5)6)34(31(37)30(27)36)25-16-12-23(13-17-25)32(2,3)4/h8-19,28,35H,7,20H2,1-6H3/b29-27+. The van der Waals surface area contributed by atoms with Crippen LogP contribution in [0, 0.1) is 0 Å². The van der Waals surface area contributed by atoms with Crippen molar-refractivity contribution >= 4 is 28.8 Å². The van der Waals surface area contributed by atoms with Gasteiger partial charge in [-0.2, -0.15) is 0 Å². The van der Waals surface area contributed by atoms with Crippen LogP contribution in [0.1, 0.15) is 56.8 Å². The molecule has 0 spiro atoms. The van der Waals surface area contributed by atoms with Crippen molar-refractivity contribution in [3.05, 3.63) is 95.1 Å². The van der Waals surface area contributed by atoms with Gasteiger partial charge in [0, 0.05) is 31.0 Å². The number of hydrogen-bond donors (Lipinski definition) is 1. The second kappa shape index (κ2) is 10.7. The summed E-state index contributed by atoms with van der Waals surface area (Å²) >= 11 is 0. The first-order valence-corrected chi connectivity index (χ1v) is 12.9. The number of aliphatic hydroxyl groups excluding tert-OH is 1. The highest BCUT2D eigenvalue weighted by Crippen LogP contribution is 2.43. The number of benzene rings is 3. The summed E-state index contributed by atoms with van der Waals surface area (Å²) in [7, 11) is 3.90. The van der Waals surface area contributed by atoms with Crippen molar-refractivity contribution in [2.24, 2.45) is 0 Å². The van der Waals surface area contributed by atoms with Gasteiger partial charge in [0.15, 0.2) is 0 Å². The lowest BCUT2D eigenvalue weighted by Gasteiger charge is -2.27. The lowest BCUT2D eigenvalue weighted by Crippen LogP contribution is -2.29. The number of Topliss-reactive ketones (excluding diaryl/α,β-unsaturated/α-hetero) is 1. The third kappa shape index (κ3) is 5.30. The van der Waals surface area contributed by atoms with E-state index in [1.165, 1.54) is 4.90 Å². The lowest BCUT2D eigenvalue weighted by molar-refractivity contribution is -0.132. The highest BCUT2D eigenvalue weighted by molar-refractivity contribution is 6.51. The Morgan fingerprint density at radius 3 is 2.05 bits per heavy atom. The number of aliphatic hydroxyl groups is 1. The summed E-state index contributed by atoms with van der Waals surface area (Å²) in [5, 5.41) is 11.4. The highest BCUT2D eigenvalue weighted by atomic mass is 16.5. The predicted molar refractivity (Wildman–Crippen MR) is 153 cm³/mol. The minimum absolute atomic E-state index is 0.0544. The summed E-state index contributed by atoms with van der Waals surface area (Å²) in [6.45, 7) is 8.99. The molecule has 3 aromatic rings. The van der Waals surface area contributed by atoms with Crippen LogP contribution >= 0.6 is 0 Å². The maximum absolute atomic E-state index is 13.5. The van der Waals surface area contributed by atoms with Crippen LogP contribution in [0.15, 0.2) is 78.4 Å². The van der Waals surface area contributed by atoms with E-state index in [0.29, 0.717) is 23.6 Å². The predicted octanol–water partition coefficient (Wildman–Crippen LogP) is 6.47. The average Bonchev–Trinajstić information content (AvgIpc) is 3.17. The van der Waals surface area contributed by atoms with E-state index in [-0.39, 0.29) is 16.7 Å². The Kier molecular flexibility index (Phi) is 7.63. The molecule has 1 fully saturated rings. The van der Waals surface area contributed by atoms with Gasteiger partial charge in [0.2, 0.25) is 0 Å². The molecule has 6 heteroatoms. The van der Waals surface area contributed by atoms with Crippen LogP contribution in [-0.4, -0.2) is 37.5 Å². The topological polar surface area (TPSA) is 70.1 Å². The van der Waals surface area contributed by atoms with Crippen molar-refractivity contribution < 1.29 is 19.4 Å². The van der Waals surface area contributed by atoms with E-state index in [1.54, 1.807) is 24.3 Å². The lowest BCUT2D eigenvalue weighted by atomic mass is 9.87. The normalized spacial score (nSPS) is 17.1. The molecule has 0 saturated carbocycles. The van der Waals surface area contributed by atoms with Gasteiger partial charge < -0.3 is 14.7 Å². The van der Waals surface area contributed by atoms with Crippen LogP contribution in [0.5, 0.6) is 5.75 Å². The Bertz CT molecular complexity index is 1330. The quantitative estimate of drug-likeness (QED) is 0.223. The Hall–Kier alpha value is -4.06. The first-order chi connectivity index (χ1) is 18.0. The molecule has 3 aromatic carbocycles. The first kappa shape index (κ1) is 27.0. The van der Waals surface area contributed by atoms with Gasteiger partial charge in [-0.1, -0.05) is 52.0 Å². The average molecular weight is 513 g/mol. The van der Waals surface area contributed by atoms with E-state index in [1.807, 2.05) is 74.4 Å². The molecule has 1 heterocycles. The zero-order valence-corrected chi connectivity index (χ0v) is 23.0. The van der Waals surface area contributed by atoms with Crippen LogP contribution in [0.4, 0.5) is 11.4 Å². The molecule has 6 nitrogen and oxygen atoms in total. The van der Waals surface area contributed by atoms with E-state index in [9.17, 15) is 14.7 Å². The maximum Gasteiger partial charge on any atom is 0.300 e. The van der Waals surface area contributed by atoms with Crippen LogP contribution in [0.2, 0.25) is 0 Å². The minimum Gasteiger partial charge on any atom is -0.507 e. The summed E-state index contributed by atoms with van der Waals surface area (Å²) in [5.41, 5.74) is 3.90. The number of ether oxygens (including phenoxy) is 1. The Morgan fingerprint density at radius 2 is 1.53 bits per heavy atom. The van der Waals surface area contributed by atoms with Crippen molar-refractivity contribution in [1.82, 2.24) is 0 Å². The van der Waals surface area contributed by atoms with Gasteiger partial charge in [0.05, 0.1) is 18.2 Å². The fraction of sp³-hybridized carbons (Fsp3) is 0.312. The summed E-state index contributed by atoms with van der Waals surface area (Å²) in [6, 6.07) is 21.5. The smallest absolute Gasteiger partial charge is 0.300 e. The molecule has 0 bridgehead atoms. The van der Waals surface area contributed by atoms with Crippen molar-refractivity contribution in [1.29, 1.82) is 0 Å². The Labute approximate surface area is 225 Å². The first-order valence-electron chi connectivity index (χ1n) is 12.9. The second-order valence-electron chi connectivity index (χ2n) is 10.8. The molecule has 1 unspecified atom stereocenters. The van der Waals surface area contributed by atoms with E-state index in [0.717, 1.165) is 23.2 Å². The number of rotatable bonds is 7. The molecule has 1 N–H and O–H groups in total.